The summed E-state index contributed by atoms with van der Waals surface area (Å²) < 4.78 is 26.2. The average molecular weight is 277 g/mol. The minimum absolute atomic E-state index is 0.201. The van der Waals surface area contributed by atoms with E-state index in [0.29, 0.717) is 16.9 Å². The largest absolute Gasteiger partial charge is 0.381 e. The van der Waals surface area contributed by atoms with Crippen molar-refractivity contribution in [2.45, 2.75) is 6.54 Å². The van der Waals surface area contributed by atoms with E-state index in [4.69, 9.17) is 5.73 Å². The van der Waals surface area contributed by atoms with Gasteiger partial charge in [-0.2, -0.15) is 0 Å². The molecule has 0 aliphatic heterocycles. The van der Waals surface area contributed by atoms with Crippen molar-refractivity contribution in [2.75, 3.05) is 10.6 Å². The zero-order valence-electron chi connectivity index (χ0n) is 10.5. The van der Waals surface area contributed by atoms with Crippen molar-refractivity contribution in [1.82, 2.24) is 0 Å². The second-order valence-corrected chi connectivity index (χ2v) is 4.16. The summed E-state index contributed by atoms with van der Waals surface area (Å²) in [5.74, 6) is -1.22. The van der Waals surface area contributed by atoms with Gasteiger partial charge in [-0.25, -0.2) is 13.6 Å². The zero-order valence-corrected chi connectivity index (χ0v) is 10.5. The van der Waals surface area contributed by atoms with Crippen LogP contribution < -0.4 is 16.4 Å². The molecule has 0 heterocycles. The van der Waals surface area contributed by atoms with Crippen LogP contribution in [0.5, 0.6) is 0 Å². The van der Waals surface area contributed by atoms with Gasteiger partial charge in [0.1, 0.15) is 11.6 Å². The maximum absolute atomic E-state index is 13.5. The Bertz CT molecular complexity index is 632. The molecule has 4 nitrogen and oxygen atoms in total. The molecule has 2 aromatic carbocycles. The van der Waals surface area contributed by atoms with Crippen LogP contribution in [-0.2, 0) is 6.54 Å². The van der Waals surface area contributed by atoms with Crippen molar-refractivity contribution in [2.24, 2.45) is 5.73 Å². The third-order valence-electron chi connectivity index (χ3n) is 2.63. The van der Waals surface area contributed by atoms with Crippen molar-refractivity contribution >= 4 is 17.4 Å². The monoisotopic (exact) mass is 277 g/mol. The van der Waals surface area contributed by atoms with Gasteiger partial charge in [0.05, 0.1) is 0 Å². The zero-order chi connectivity index (χ0) is 14.5. The Balaban J connectivity index is 2.05. The number of amides is 2. The van der Waals surface area contributed by atoms with Gasteiger partial charge in [-0.05, 0) is 24.3 Å². The van der Waals surface area contributed by atoms with Crippen LogP contribution in [0.4, 0.5) is 25.0 Å². The van der Waals surface area contributed by atoms with E-state index in [1.165, 1.54) is 12.1 Å². The van der Waals surface area contributed by atoms with Crippen LogP contribution in [0.25, 0.3) is 0 Å². The number of anilines is 2. The predicted molar refractivity (Wildman–Crippen MR) is 73.3 cm³/mol. The van der Waals surface area contributed by atoms with Gasteiger partial charge in [0.25, 0.3) is 0 Å². The smallest absolute Gasteiger partial charge is 0.316 e. The molecule has 20 heavy (non-hydrogen) atoms. The van der Waals surface area contributed by atoms with Crippen molar-refractivity contribution in [3.63, 3.8) is 0 Å². The number of hydrogen-bond acceptors (Lipinski definition) is 2. The van der Waals surface area contributed by atoms with Crippen LogP contribution in [0, 0.1) is 11.6 Å². The first-order chi connectivity index (χ1) is 9.54. The summed E-state index contributed by atoms with van der Waals surface area (Å²) in [4.78, 5) is 10.7. The van der Waals surface area contributed by atoms with E-state index in [9.17, 15) is 13.6 Å². The number of urea groups is 1. The molecule has 0 unspecified atom stereocenters. The number of carbonyl (C=O) groups is 1. The molecule has 2 aromatic rings. The highest BCUT2D eigenvalue weighted by molar-refractivity contribution is 5.88. The van der Waals surface area contributed by atoms with E-state index < -0.39 is 17.7 Å². The maximum Gasteiger partial charge on any atom is 0.316 e. The maximum atomic E-state index is 13.5. The van der Waals surface area contributed by atoms with Crippen molar-refractivity contribution in [3.8, 4) is 0 Å². The molecule has 0 saturated carbocycles. The van der Waals surface area contributed by atoms with E-state index in [-0.39, 0.29) is 6.54 Å². The predicted octanol–water partition coefficient (Wildman–Crippen LogP) is 3.07. The number of hydrogen-bond donors (Lipinski definition) is 3. The molecule has 0 bridgehead atoms. The highest BCUT2D eigenvalue weighted by Gasteiger charge is 2.04. The van der Waals surface area contributed by atoms with Crippen LogP contribution in [0.15, 0.2) is 42.5 Å². The number of halogens is 2. The minimum atomic E-state index is -0.660. The number of primary amides is 1. The number of benzene rings is 2. The van der Waals surface area contributed by atoms with Crippen LogP contribution in [-0.4, -0.2) is 6.03 Å². The first-order valence-electron chi connectivity index (χ1n) is 5.89. The lowest BCUT2D eigenvalue weighted by Crippen LogP contribution is -2.19. The lowest BCUT2D eigenvalue weighted by atomic mass is 10.2. The van der Waals surface area contributed by atoms with Crippen LogP contribution in [0.3, 0.4) is 0 Å². The summed E-state index contributed by atoms with van der Waals surface area (Å²) in [7, 11) is 0. The third-order valence-corrected chi connectivity index (χ3v) is 2.63. The summed E-state index contributed by atoms with van der Waals surface area (Å²) in [6, 6.07) is 9.56. The third kappa shape index (κ3) is 3.68. The molecular weight excluding hydrogens is 264 g/mol. The first kappa shape index (κ1) is 13.8. The van der Waals surface area contributed by atoms with Gasteiger partial charge in [-0.15, -0.1) is 0 Å². The van der Waals surface area contributed by atoms with E-state index in [2.05, 4.69) is 10.6 Å². The summed E-state index contributed by atoms with van der Waals surface area (Å²) >= 11 is 0. The molecular formula is C14H13F2N3O. The van der Waals surface area contributed by atoms with E-state index in [1.54, 1.807) is 24.3 Å². The number of carbonyl (C=O) groups excluding carboxylic acids is 1. The van der Waals surface area contributed by atoms with Gasteiger partial charge in [0.15, 0.2) is 0 Å². The fourth-order valence-corrected chi connectivity index (χ4v) is 1.71. The standard InChI is InChI=1S/C14H13F2N3O/c15-10-5-4-9(13(16)6-10)8-18-11-2-1-3-12(7-11)19-14(17)20/h1-7,18H,8H2,(H3,17,19,20). The molecule has 0 aromatic heterocycles. The van der Waals surface area contributed by atoms with Crippen LogP contribution in [0.2, 0.25) is 0 Å². The molecule has 0 atom stereocenters. The molecule has 4 N–H and O–H groups in total. The minimum Gasteiger partial charge on any atom is -0.381 e. The summed E-state index contributed by atoms with van der Waals surface area (Å²) in [6.45, 7) is 0.201. The van der Waals surface area contributed by atoms with Gasteiger partial charge in [0, 0.05) is 29.5 Å². The number of rotatable bonds is 4. The Labute approximate surface area is 114 Å². The molecule has 0 aliphatic rings. The molecule has 6 heteroatoms. The van der Waals surface area contributed by atoms with Gasteiger partial charge in [-0.1, -0.05) is 12.1 Å². The molecule has 0 radical (unpaired) electrons. The fraction of sp³-hybridized carbons (Fsp3) is 0.0714. The first-order valence-corrected chi connectivity index (χ1v) is 5.89. The molecule has 0 saturated heterocycles. The molecule has 0 aliphatic carbocycles. The summed E-state index contributed by atoms with van der Waals surface area (Å²) in [5.41, 5.74) is 6.58. The Kier molecular flexibility index (Phi) is 4.14. The lowest BCUT2D eigenvalue weighted by molar-refractivity contribution is 0.259. The fourth-order valence-electron chi connectivity index (χ4n) is 1.71. The van der Waals surface area contributed by atoms with Crippen molar-refractivity contribution in [1.29, 1.82) is 0 Å². The molecule has 104 valence electrons. The molecule has 2 amide bonds. The number of nitrogens with two attached hydrogens (primary N) is 1. The SMILES string of the molecule is NC(=O)Nc1cccc(NCc2ccc(F)cc2F)c1. The highest BCUT2D eigenvalue weighted by atomic mass is 19.1. The van der Waals surface area contributed by atoms with Crippen molar-refractivity contribution < 1.29 is 13.6 Å². The second-order valence-electron chi connectivity index (χ2n) is 4.16. The Hall–Kier alpha value is -2.63. The van der Waals surface area contributed by atoms with E-state index in [0.717, 1.165) is 6.07 Å². The van der Waals surface area contributed by atoms with Gasteiger partial charge in [0.2, 0.25) is 0 Å². The van der Waals surface area contributed by atoms with Crippen LogP contribution in [0.1, 0.15) is 5.56 Å². The van der Waals surface area contributed by atoms with Gasteiger partial charge < -0.3 is 16.4 Å². The van der Waals surface area contributed by atoms with E-state index in [1.807, 2.05) is 0 Å². The highest BCUT2D eigenvalue weighted by Crippen LogP contribution is 2.17. The Morgan fingerprint density at radius 2 is 1.85 bits per heavy atom. The van der Waals surface area contributed by atoms with Crippen molar-refractivity contribution in [3.05, 3.63) is 59.7 Å². The quantitative estimate of drug-likeness (QED) is 0.804. The number of nitrogens with one attached hydrogen (secondary N) is 2. The topological polar surface area (TPSA) is 67.2 Å². The summed E-state index contributed by atoms with van der Waals surface area (Å²) in [6.07, 6.45) is 0. The van der Waals surface area contributed by atoms with Gasteiger partial charge in [-0.3, -0.25) is 0 Å². The lowest BCUT2D eigenvalue weighted by Gasteiger charge is -2.09. The van der Waals surface area contributed by atoms with Gasteiger partial charge >= 0.3 is 6.03 Å². The Morgan fingerprint density at radius 1 is 1.10 bits per heavy atom. The summed E-state index contributed by atoms with van der Waals surface area (Å²) in [5, 5.41) is 5.42. The second kappa shape index (κ2) is 6.01. The Morgan fingerprint density at radius 3 is 2.55 bits per heavy atom. The normalized spacial score (nSPS) is 10.1. The molecule has 0 spiro atoms. The van der Waals surface area contributed by atoms with Crippen LogP contribution >= 0.6 is 0 Å². The van der Waals surface area contributed by atoms with E-state index >= 15 is 0 Å². The molecule has 2 rings (SSSR count). The molecule has 0 fully saturated rings. The average Bonchev–Trinajstić information content (AvgIpc) is 2.37.